The van der Waals surface area contributed by atoms with Gasteiger partial charge in [0.15, 0.2) is 0 Å². The average molecular weight is 305 g/mol. The van der Waals surface area contributed by atoms with E-state index >= 15 is 0 Å². The summed E-state index contributed by atoms with van der Waals surface area (Å²) in [5.74, 6) is 0.404. The first-order chi connectivity index (χ1) is 10.7. The fourth-order valence-electron chi connectivity index (χ4n) is 1.58. The summed E-state index contributed by atoms with van der Waals surface area (Å²) in [4.78, 5) is 16.6. The Labute approximate surface area is 132 Å². The van der Waals surface area contributed by atoms with Gasteiger partial charge in [0, 0.05) is 6.54 Å². The highest BCUT2D eigenvalue weighted by Crippen LogP contribution is 2.12. The minimum Gasteiger partial charge on any atom is -0.497 e. The van der Waals surface area contributed by atoms with Crippen molar-refractivity contribution in [2.24, 2.45) is 4.99 Å². The van der Waals surface area contributed by atoms with Gasteiger partial charge in [0.2, 0.25) is 6.19 Å². The van der Waals surface area contributed by atoms with Gasteiger partial charge in [-0.2, -0.15) is 10.3 Å². The summed E-state index contributed by atoms with van der Waals surface area (Å²) in [5, 5.41) is 8.48. The van der Waals surface area contributed by atoms with Crippen molar-refractivity contribution in [3.8, 4) is 11.9 Å². The van der Waals surface area contributed by atoms with E-state index in [4.69, 9.17) is 14.7 Å². The molecule has 0 bridgehead atoms. The molecule has 0 aliphatic heterocycles. The van der Waals surface area contributed by atoms with Crippen LogP contribution in [-0.2, 0) is 16.1 Å². The van der Waals surface area contributed by atoms with Crippen molar-refractivity contribution in [2.75, 3.05) is 20.3 Å². The van der Waals surface area contributed by atoms with Gasteiger partial charge in [0.1, 0.15) is 18.6 Å². The summed E-state index contributed by atoms with van der Waals surface area (Å²) in [7, 11) is 1.60. The molecule has 0 aliphatic carbocycles. The number of hydrogen-bond acceptors (Lipinski definition) is 5. The van der Waals surface area contributed by atoms with E-state index in [2.05, 4.69) is 4.99 Å². The van der Waals surface area contributed by atoms with Crippen LogP contribution in [-0.4, -0.2) is 37.5 Å². The number of aliphatic imine (C=N–C) groups is 1. The molecule has 6 nitrogen and oxygen atoms in total. The maximum atomic E-state index is 11.5. The van der Waals surface area contributed by atoms with Crippen LogP contribution in [0.3, 0.4) is 0 Å². The minimum atomic E-state index is -0.356. The van der Waals surface area contributed by atoms with E-state index < -0.39 is 0 Å². The molecule has 0 saturated carbocycles. The number of carbonyl (C=O) groups is 1. The number of methoxy groups -OCH3 is 1. The van der Waals surface area contributed by atoms with E-state index in [1.165, 1.54) is 6.34 Å². The third kappa shape index (κ3) is 7.90. The fourth-order valence-corrected chi connectivity index (χ4v) is 1.58. The summed E-state index contributed by atoms with van der Waals surface area (Å²) in [6.07, 6.45) is 3.00. The van der Waals surface area contributed by atoms with Crippen molar-refractivity contribution in [3.05, 3.63) is 29.8 Å². The summed E-state index contributed by atoms with van der Waals surface area (Å²) in [5.41, 5.74) is 0.972. The van der Waals surface area contributed by atoms with E-state index in [0.29, 0.717) is 13.2 Å². The number of hydrogen-bond donors (Lipinski definition) is 0. The molecule has 0 radical (unpaired) electrons. The lowest BCUT2D eigenvalue weighted by Crippen LogP contribution is -2.29. The molecule has 0 aromatic heterocycles. The number of carbonyl (C=O) groups excluding carboxylic acids is 1. The molecule has 0 saturated heterocycles. The Hall–Kier alpha value is -2.55. The van der Waals surface area contributed by atoms with Gasteiger partial charge in [-0.05, 0) is 24.6 Å². The molecule has 1 rings (SSSR count). The first-order valence-electron chi connectivity index (χ1n) is 7.14. The summed E-state index contributed by atoms with van der Waals surface area (Å²) >= 11 is 0. The highest BCUT2D eigenvalue weighted by Gasteiger charge is 2.09. The van der Waals surface area contributed by atoms with Gasteiger partial charge in [0.25, 0.3) is 0 Å². The number of nitriles is 1. The monoisotopic (exact) mass is 305 g/mol. The third-order valence-electron chi connectivity index (χ3n) is 2.46. The van der Waals surface area contributed by atoms with Gasteiger partial charge >= 0.3 is 5.97 Å². The molecule has 0 amide bonds. The third-order valence-corrected chi connectivity index (χ3v) is 2.46. The molecule has 0 atom stereocenters. The van der Waals surface area contributed by atoms with Gasteiger partial charge in [-0.1, -0.05) is 26.0 Å². The van der Waals surface area contributed by atoms with E-state index in [9.17, 15) is 4.79 Å². The Kier molecular flexibility index (Phi) is 10.8. The van der Waals surface area contributed by atoms with Crippen LogP contribution >= 0.6 is 0 Å². The largest absolute Gasteiger partial charge is 0.497 e. The van der Waals surface area contributed by atoms with Crippen molar-refractivity contribution in [3.63, 3.8) is 0 Å². The standard InChI is InChI=1S/C14H17N3O3.C2H6/c1-3-20-14(18)9-17(11-16-10-15)8-12-4-6-13(19-2)7-5-12;1-2/h4-7,11H,3,8-9H2,1-2H3;1-2H3. The van der Waals surface area contributed by atoms with Gasteiger partial charge in [-0.25, -0.2) is 0 Å². The second-order valence-corrected chi connectivity index (χ2v) is 3.90. The van der Waals surface area contributed by atoms with Crippen LogP contribution in [0.4, 0.5) is 0 Å². The Bertz CT molecular complexity index is 492. The zero-order valence-corrected chi connectivity index (χ0v) is 13.6. The highest BCUT2D eigenvalue weighted by atomic mass is 16.5. The summed E-state index contributed by atoms with van der Waals surface area (Å²) in [6.45, 7) is 6.57. The molecule has 1 aromatic rings. The number of rotatable bonds is 7. The smallest absolute Gasteiger partial charge is 0.325 e. The lowest BCUT2D eigenvalue weighted by molar-refractivity contribution is -0.143. The zero-order valence-electron chi connectivity index (χ0n) is 13.6. The van der Waals surface area contributed by atoms with E-state index in [1.54, 1.807) is 25.1 Å². The maximum absolute atomic E-state index is 11.5. The summed E-state index contributed by atoms with van der Waals surface area (Å²) in [6, 6.07) is 7.44. The molecule has 120 valence electrons. The lowest BCUT2D eigenvalue weighted by Gasteiger charge is -2.18. The quantitative estimate of drug-likeness (QED) is 0.335. The Balaban J connectivity index is 0.00000211. The molecule has 0 aliphatic rings. The molecule has 1 aromatic carbocycles. The van der Waals surface area contributed by atoms with Gasteiger partial charge in [-0.15, -0.1) is 0 Å². The SMILES string of the molecule is CC.CCOC(=O)CN(C=NC#N)Cc1ccc(OC)cc1. The average Bonchev–Trinajstić information content (AvgIpc) is 2.55. The van der Waals surface area contributed by atoms with Crippen LogP contribution in [0.25, 0.3) is 0 Å². The lowest BCUT2D eigenvalue weighted by atomic mass is 10.2. The first kappa shape index (κ1) is 19.4. The molecule has 6 heteroatoms. The number of nitrogens with zero attached hydrogens (tertiary/aromatic N) is 3. The van der Waals surface area contributed by atoms with Crippen molar-refractivity contribution < 1.29 is 14.3 Å². The maximum Gasteiger partial charge on any atom is 0.325 e. The van der Waals surface area contributed by atoms with Crippen molar-refractivity contribution in [1.29, 1.82) is 5.26 Å². The molecule has 0 fully saturated rings. The second kappa shape index (κ2) is 12.2. The fraction of sp³-hybridized carbons (Fsp3) is 0.438. The van der Waals surface area contributed by atoms with E-state index in [0.717, 1.165) is 11.3 Å². The van der Waals surface area contributed by atoms with Gasteiger partial charge in [-0.3, -0.25) is 4.79 Å². The molecule has 0 heterocycles. The van der Waals surface area contributed by atoms with Crippen LogP contribution < -0.4 is 4.74 Å². The van der Waals surface area contributed by atoms with Crippen LogP contribution in [0.15, 0.2) is 29.3 Å². The molecular weight excluding hydrogens is 282 g/mol. The Morgan fingerprint density at radius 3 is 2.50 bits per heavy atom. The number of esters is 1. The normalized spacial score (nSPS) is 9.41. The highest BCUT2D eigenvalue weighted by molar-refractivity contribution is 5.75. The molecule has 0 unspecified atom stereocenters. The number of ether oxygens (including phenoxy) is 2. The molecule has 22 heavy (non-hydrogen) atoms. The Morgan fingerprint density at radius 2 is 2.00 bits per heavy atom. The van der Waals surface area contributed by atoms with Crippen LogP contribution in [0, 0.1) is 11.5 Å². The Morgan fingerprint density at radius 1 is 1.36 bits per heavy atom. The van der Waals surface area contributed by atoms with E-state index in [1.807, 2.05) is 38.1 Å². The second-order valence-electron chi connectivity index (χ2n) is 3.90. The van der Waals surface area contributed by atoms with Crippen LogP contribution in [0.5, 0.6) is 5.75 Å². The van der Waals surface area contributed by atoms with Gasteiger partial charge < -0.3 is 14.4 Å². The summed E-state index contributed by atoms with van der Waals surface area (Å²) < 4.78 is 9.96. The number of benzene rings is 1. The topological polar surface area (TPSA) is 74.9 Å². The molecule has 0 spiro atoms. The zero-order chi connectivity index (χ0) is 16.8. The minimum absolute atomic E-state index is 0.0467. The predicted octanol–water partition coefficient (Wildman–Crippen LogP) is 2.60. The van der Waals surface area contributed by atoms with E-state index in [-0.39, 0.29) is 12.5 Å². The van der Waals surface area contributed by atoms with Crippen LogP contribution in [0.1, 0.15) is 26.3 Å². The first-order valence-corrected chi connectivity index (χ1v) is 7.14. The predicted molar refractivity (Wildman–Crippen MR) is 85.5 cm³/mol. The van der Waals surface area contributed by atoms with Crippen molar-refractivity contribution in [1.82, 2.24) is 4.90 Å². The van der Waals surface area contributed by atoms with Gasteiger partial charge in [0.05, 0.1) is 13.7 Å². The van der Waals surface area contributed by atoms with Crippen molar-refractivity contribution >= 4 is 12.3 Å². The van der Waals surface area contributed by atoms with Crippen molar-refractivity contribution in [2.45, 2.75) is 27.3 Å². The van der Waals surface area contributed by atoms with Crippen LogP contribution in [0.2, 0.25) is 0 Å². The molecule has 0 N–H and O–H groups in total. The molecular formula is C16H23N3O3.